The molecule has 0 radical (unpaired) electrons. The normalized spacial score (nSPS) is 14.8. The molecule has 0 bridgehead atoms. The van der Waals surface area contributed by atoms with Crippen molar-refractivity contribution in [3.63, 3.8) is 0 Å². The van der Waals surface area contributed by atoms with E-state index in [-0.39, 0.29) is 12.4 Å². The van der Waals surface area contributed by atoms with E-state index in [1.165, 1.54) is 6.07 Å². The second-order valence-electron chi connectivity index (χ2n) is 3.43. The van der Waals surface area contributed by atoms with Gasteiger partial charge in [0.05, 0.1) is 13.2 Å². The summed E-state index contributed by atoms with van der Waals surface area (Å²) in [7, 11) is 0. The molecule has 2 rings (SSSR count). The molecule has 1 aromatic carbocycles. The van der Waals surface area contributed by atoms with Crippen LogP contribution in [0.2, 0.25) is 0 Å². The average Bonchev–Trinajstić information content (AvgIpc) is 2.43. The van der Waals surface area contributed by atoms with Crippen LogP contribution in [0.5, 0.6) is 11.5 Å². The van der Waals surface area contributed by atoms with Crippen molar-refractivity contribution < 1.29 is 19.0 Å². The Morgan fingerprint density at radius 1 is 1.27 bits per heavy atom. The van der Waals surface area contributed by atoms with Gasteiger partial charge >= 0.3 is 0 Å². The highest BCUT2D eigenvalue weighted by molar-refractivity contribution is 5.44. The van der Waals surface area contributed by atoms with Gasteiger partial charge in [-0.3, -0.25) is 0 Å². The van der Waals surface area contributed by atoms with Crippen LogP contribution in [0, 0.1) is 5.82 Å². The summed E-state index contributed by atoms with van der Waals surface area (Å²) in [6.07, 6.45) is 1.18. The minimum atomic E-state index is -0.419. The number of aliphatic hydroxyl groups excluding tert-OH is 1. The van der Waals surface area contributed by atoms with Crippen molar-refractivity contribution in [2.75, 3.05) is 19.8 Å². The average molecular weight is 212 g/mol. The van der Waals surface area contributed by atoms with Crippen molar-refractivity contribution in [1.29, 1.82) is 0 Å². The van der Waals surface area contributed by atoms with Gasteiger partial charge in [0.15, 0.2) is 17.3 Å². The second-order valence-corrected chi connectivity index (χ2v) is 3.43. The van der Waals surface area contributed by atoms with Gasteiger partial charge in [0.1, 0.15) is 0 Å². The van der Waals surface area contributed by atoms with Gasteiger partial charge in [-0.25, -0.2) is 4.39 Å². The topological polar surface area (TPSA) is 38.7 Å². The Bertz CT molecular complexity index is 352. The first kappa shape index (κ1) is 10.2. The molecule has 0 amide bonds. The van der Waals surface area contributed by atoms with Crippen molar-refractivity contribution in [3.05, 3.63) is 23.5 Å². The summed E-state index contributed by atoms with van der Waals surface area (Å²) in [5.74, 6) is 0.211. The summed E-state index contributed by atoms with van der Waals surface area (Å²) < 4.78 is 24.2. The van der Waals surface area contributed by atoms with Crippen LogP contribution in [0.15, 0.2) is 12.1 Å². The maximum absolute atomic E-state index is 13.5. The Morgan fingerprint density at radius 2 is 2.07 bits per heavy atom. The molecule has 0 aromatic heterocycles. The standard InChI is InChI=1S/C11H13FO3/c12-9-6-8(2-3-13)7-10-11(9)15-5-1-4-14-10/h6-7,13H,1-5H2. The predicted octanol–water partition coefficient (Wildman–Crippen LogP) is 1.52. The number of hydrogen-bond donors (Lipinski definition) is 1. The van der Waals surface area contributed by atoms with E-state index in [9.17, 15) is 4.39 Å². The molecule has 1 aliphatic rings. The number of fused-ring (bicyclic) bond motifs is 1. The maximum atomic E-state index is 13.5. The Labute approximate surface area is 87.4 Å². The Balaban J connectivity index is 2.35. The van der Waals surface area contributed by atoms with Gasteiger partial charge in [-0.15, -0.1) is 0 Å². The smallest absolute Gasteiger partial charge is 0.197 e. The molecule has 0 atom stereocenters. The fraction of sp³-hybridized carbons (Fsp3) is 0.455. The molecule has 1 heterocycles. The van der Waals surface area contributed by atoms with Crippen molar-refractivity contribution >= 4 is 0 Å². The summed E-state index contributed by atoms with van der Waals surface area (Å²) in [6.45, 7) is 1.01. The zero-order valence-electron chi connectivity index (χ0n) is 8.33. The van der Waals surface area contributed by atoms with Gasteiger partial charge in [-0.05, 0) is 24.1 Å². The third-order valence-corrected chi connectivity index (χ3v) is 2.26. The quantitative estimate of drug-likeness (QED) is 0.807. The van der Waals surface area contributed by atoms with Gasteiger partial charge in [0.25, 0.3) is 0 Å². The highest BCUT2D eigenvalue weighted by atomic mass is 19.1. The molecule has 15 heavy (non-hydrogen) atoms. The first-order chi connectivity index (χ1) is 7.31. The van der Waals surface area contributed by atoms with Crippen LogP contribution in [-0.2, 0) is 6.42 Å². The number of rotatable bonds is 2. The third-order valence-electron chi connectivity index (χ3n) is 2.26. The molecular formula is C11H13FO3. The minimum absolute atomic E-state index is 0.000909. The van der Waals surface area contributed by atoms with Crippen molar-refractivity contribution in [1.82, 2.24) is 0 Å². The van der Waals surface area contributed by atoms with Crippen LogP contribution in [0.25, 0.3) is 0 Å². The summed E-state index contributed by atoms with van der Waals surface area (Å²) >= 11 is 0. The monoisotopic (exact) mass is 212 g/mol. The van der Waals surface area contributed by atoms with E-state index in [0.717, 1.165) is 12.0 Å². The Morgan fingerprint density at radius 3 is 2.87 bits per heavy atom. The summed E-state index contributed by atoms with van der Waals surface area (Å²) in [5, 5.41) is 8.78. The van der Waals surface area contributed by atoms with E-state index >= 15 is 0 Å². The van der Waals surface area contributed by atoms with Gasteiger partial charge in [-0.2, -0.15) is 0 Å². The zero-order chi connectivity index (χ0) is 10.7. The van der Waals surface area contributed by atoms with E-state index in [0.29, 0.717) is 25.4 Å². The lowest BCUT2D eigenvalue weighted by Crippen LogP contribution is -1.98. The predicted molar refractivity (Wildman–Crippen MR) is 52.8 cm³/mol. The largest absolute Gasteiger partial charge is 0.489 e. The molecule has 0 saturated heterocycles. The third kappa shape index (κ3) is 2.21. The molecule has 0 saturated carbocycles. The first-order valence-corrected chi connectivity index (χ1v) is 5.00. The lowest BCUT2D eigenvalue weighted by molar-refractivity contribution is 0.292. The first-order valence-electron chi connectivity index (χ1n) is 5.00. The van der Waals surface area contributed by atoms with E-state index in [4.69, 9.17) is 14.6 Å². The SMILES string of the molecule is OCCc1cc(F)c2c(c1)OCCCO2. The molecule has 3 nitrogen and oxygen atoms in total. The lowest BCUT2D eigenvalue weighted by atomic mass is 10.1. The number of halogens is 1. The Kier molecular flexibility index (Phi) is 3.06. The van der Waals surface area contributed by atoms with Crippen LogP contribution in [-0.4, -0.2) is 24.9 Å². The van der Waals surface area contributed by atoms with Gasteiger partial charge in [-0.1, -0.05) is 0 Å². The van der Waals surface area contributed by atoms with E-state index < -0.39 is 5.82 Å². The van der Waals surface area contributed by atoms with Crippen LogP contribution in [0.1, 0.15) is 12.0 Å². The Hall–Kier alpha value is -1.29. The second kappa shape index (κ2) is 4.49. The van der Waals surface area contributed by atoms with Crippen LogP contribution in [0.4, 0.5) is 4.39 Å². The zero-order valence-corrected chi connectivity index (χ0v) is 8.33. The van der Waals surface area contributed by atoms with Gasteiger partial charge in [0, 0.05) is 13.0 Å². The number of ether oxygens (including phenoxy) is 2. The van der Waals surface area contributed by atoms with Gasteiger partial charge < -0.3 is 14.6 Å². The molecule has 4 heteroatoms. The maximum Gasteiger partial charge on any atom is 0.197 e. The van der Waals surface area contributed by atoms with E-state index in [1.807, 2.05) is 0 Å². The van der Waals surface area contributed by atoms with Crippen LogP contribution in [0.3, 0.4) is 0 Å². The fourth-order valence-electron chi connectivity index (χ4n) is 1.56. The van der Waals surface area contributed by atoms with Crippen LogP contribution >= 0.6 is 0 Å². The number of aliphatic hydroxyl groups is 1. The number of hydrogen-bond acceptors (Lipinski definition) is 3. The highest BCUT2D eigenvalue weighted by Crippen LogP contribution is 2.33. The molecular weight excluding hydrogens is 199 g/mol. The van der Waals surface area contributed by atoms with E-state index in [1.54, 1.807) is 6.07 Å². The van der Waals surface area contributed by atoms with Crippen LogP contribution < -0.4 is 9.47 Å². The molecule has 0 fully saturated rings. The number of benzene rings is 1. The summed E-state index contributed by atoms with van der Waals surface area (Å²) in [6, 6.07) is 3.10. The highest BCUT2D eigenvalue weighted by Gasteiger charge is 2.16. The lowest BCUT2D eigenvalue weighted by Gasteiger charge is -2.09. The molecule has 1 aromatic rings. The van der Waals surface area contributed by atoms with Crippen molar-refractivity contribution in [3.8, 4) is 11.5 Å². The van der Waals surface area contributed by atoms with Crippen molar-refractivity contribution in [2.24, 2.45) is 0 Å². The summed E-state index contributed by atoms with van der Waals surface area (Å²) in [4.78, 5) is 0. The molecule has 82 valence electrons. The fourth-order valence-corrected chi connectivity index (χ4v) is 1.56. The molecule has 0 aliphatic carbocycles. The van der Waals surface area contributed by atoms with E-state index in [2.05, 4.69) is 0 Å². The minimum Gasteiger partial charge on any atom is -0.489 e. The van der Waals surface area contributed by atoms with Gasteiger partial charge in [0.2, 0.25) is 0 Å². The van der Waals surface area contributed by atoms with Crippen molar-refractivity contribution in [2.45, 2.75) is 12.8 Å². The molecule has 0 unspecified atom stereocenters. The summed E-state index contributed by atoms with van der Waals surface area (Å²) in [5.41, 5.74) is 0.722. The molecule has 1 N–H and O–H groups in total. The molecule has 0 spiro atoms. The molecule has 1 aliphatic heterocycles.